The minimum atomic E-state index is -0.276. The molecular formula is C22H24O3. The number of fused-ring (bicyclic) bond motifs is 3. The molecule has 0 atom stereocenters. The van der Waals surface area contributed by atoms with E-state index in [0.29, 0.717) is 18.8 Å². The lowest BCUT2D eigenvalue weighted by Crippen LogP contribution is -2.06. The largest absolute Gasteiger partial charge is 0.462 e. The molecule has 0 bridgehead atoms. The van der Waals surface area contributed by atoms with Gasteiger partial charge in [-0.3, -0.25) is 0 Å². The molecule has 3 nitrogen and oxygen atoms in total. The van der Waals surface area contributed by atoms with Crippen LogP contribution in [0.2, 0.25) is 0 Å². The van der Waals surface area contributed by atoms with E-state index in [2.05, 4.69) is 31.2 Å². The fourth-order valence-corrected chi connectivity index (χ4v) is 3.16. The van der Waals surface area contributed by atoms with Crippen molar-refractivity contribution in [1.29, 1.82) is 0 Å². The number of hydrogen-bond acceptors (Lipinski definition) is 3. The number of unbranched alkanes of at least 4 members (excludes halogenated alkanes) is 1. The van der Waals surface area contributed by atoms with E-state index in [1.54, 1.807) is 0 Å². The highest BCUT2D eigenvalue weighted by Gasteiger charge is 2.15. The van der Waals surface area contributed by atoms with Crippen LogP contribution in [-0.4, -0.2) is 19.2 Å². The summed E-state index contributed by atoms with van der Waals surface area (Å²) in [4.78, 5) is 12.5. The van der Waals surface area contributed by atoms with Gasteiger partial charge in [-0.05, 0) is 41.1 Å². The molecule has 0 aliphatic heterocycles. The molecule has 0 aromatic heterocycles. The maximum atomic E-state index is 12.5. The van der Waals surface area contributed by atoms with E-state index < -0.39 is 0 Å². The Morgan fingerprint density at radius 1 is 0.920 bits per heavy atom. The van der Waals surface area contributed by atoms with Crippen molar-refractivity contribution in [2.24, 2.45) is 0 Å². The Labute approximate surface area is 148 Å². The number of rotatable bonds is 7. The summed E-state index contributed by atoms with van der Waals surface area (Å²) in [5.41, 5.74) is 1.72. The van der Waals surface area contributed by atoms with Crippen LogP contribution >= 0.6 is 0 Å². The zero-order valence-electron chi connectivity index (χ0n) is 14.9. The van der Waals surface area contributed by atoms with Crippen LogP contribution in [0.25, 0.3) is 21.5 Å². The summed E-state index contributed by atoms with van der Waals surface area (Å²) in [7, 11) is 0. The van der Waals surface area contributed by atoms with Crippen LogP contribution in [0.15, 0.2) is 48.5 Å². The number of esters is 1. The topological polar surface area (TPSA) is 35.5 Å². The summed E-state index contributed by atoms with van der Waals surface area (Å²) in [6.07, 6.45) is 2.17. The lowest BCUT2D eigenvalue weighted by atomic mass is 9.94. The molecule has 0 heterocycles. The van der Waals surface area contributed by atoms with Gasteiger partial charge in [-0.1, -0.05) is 55.8 Å². The maximum absolute atomic E-state index is 12.5. The normalized spacial score (nSPS) is 11.1. The molecule has 0 fully saturated rings. The molecule has 3 heteroatoms. The molecule has 0 unspecified atom stereocenters. The highest BCUT2D eigenvalue weighted by atomic mass is 16.5. The van der Waals surface area contributed by atoms with E-state index in [1.807, 2.05) is 31.2 Å². The second-order valence-electron chi connectivity index (χ2n) is 6.11. The molecule has 3 aromatic rings. The van der Waals surface area contributed by atoms with Gasteiger partial charge in [-0.2, -0.15) is 0 Å². The first-order valence-corrected chi connectivity index (χ1v) is 8.94. The van der Waals surface area contributed by atoms with E-state index in [4.69, 9.17) is 9.47 Å². The number of hydrogen-bond donors (Lipinski definition) is 0. The zero-order chi connectivity index (χ0) is 17.6. The van der Waals surface area contributed by atoms with Gasteiger partial charge in [0.25, 0.3) is 0 Å². The first kappa shape index (κ1) is 17.4. The van der Waals surface area contributed by atoms with Gasteiger partial charge in [-0.25, -0.2) is 4.79 Å². The molecule has 3 rings (SSSR count). The maximum Gasteiger partial charge on any atom is 0.338 e. The van der Waals surface area contributed by atoms with Crippen LogP contribution in [0, 0.1) is 0 Å². The second-order valence-corrected chi connectivity index (χ2v) is 6.11. The predicted octanol–water partition coefficient (Wildman–Crippen LogP) is 5.49. The highest BCUT2D eigenvalue weighted by molar-refractivity contribution is 6.17. The molecule has 0 aliphatic carbocycles. The van der Waals surface area contributed by atoms with Gasteiger partial charge >= 0.3 is 5.97 Å². The van der Waals surface area contributed by atoms with Crippen molar-refractivity contribution >= 4 is 27.5 Å². The van der Waals surface area contributed by atoms with E-state index in [9.17, 15) is 4.79 Å². The lowest BCUT2D eigenvalue weighted by molar-refractivity contribution is 0.0529. The molecule has 130 valence electrons. The molecule has 0 saturated heterocycles. The van der Waals surface area contributed by atoms with Crippen LogP contribution in [0.3, 0.4) is 0 Å². The number of ether oxygens (including phenoxy) is 2. The minimum absolute atomic E-state index is 0.276. The van der Waals surface area contributed by atoms with Crippen molar-refractivity contribution < 1.29 is 14.3 Å². The number of benzene rings is 3. The van der Waals surface area contributed by atoms with Gasteiger partial charge < -0.3 is 9.47 Å². The molecule has 0 amide bonds. The Morgan fingerprint density at radius 2 is 1.64 bits per heavy atom. The Balaban J connectivity index is 2.16. The lowest BCUT2D eigenvalue weighted by Gasteiger charge is -2.13. The van der Waals surface area contributed by atoms with Crippen molar-refractivity contribution in [2.75, 3.05) is 13.2 Å². The van der Waals surface area contributed by atoms with Crippen LogP contribution in [0.1, 0.15) is 42.6 Å². The van der Waals surface area contributed by atoms with Crippen LogP contribution in [0.5, 0.6) is 0 Å². The molecule has 0 saturated carbocycles. The molecule has 0 N–H and O–H groups in total. The summed E-state index contributed by atoms with van der Waals surface area (Å²) < 4.78 is 11.1. The number of carbonyl (C=O) groups excluding carboxylic acids is 1. The zero-order valence-corrected chi connectivity index (χ0v) is 14.9. The molecule has 0 radical (unpaired) electrons. The Bertz CT molecular complexity index is 883. The number of carbonyl (C=O) groups is 1. The molecule has 3 aromatic carbocycles. The van der Waals surface area contributed by atoms with E-state index >= 15 is 0 Å². The fourth-order valence-electron chi connectivity index (χ4n) is 3.16. The third-order valence-electron chi connectivity index (χ3n) is 4.37. The van der Waals surface area contributed by atoms with Gasteiger partial charge in [0.2, 0.25) is 0 Å². The fraction of sp³-hybridized carbons (Fsp3) is 0.318. The summed E-state index contributed by atoms with van der Waals surface area (Å²) in [5.74, 6) is -0.276. The van der Waals surface area contributed by atoms with Crippen molar-refractivity contribution in [1.82, 2.24) is 0 Å². The Hall–Kier alpha value is -2.39. The Morgan fingerprint density at radius 3 is 2.36 bits per heavy atom. The predicted molar refractivity (Wildman–Crippen MR) is 102 cm³/mol. The van der Waals surface area contributed by atoms with Gasteiger partial charge in [0.15, 0.2) is 0 Å². The first-order chi connectivity index (χ1) is 12.3. The Kier molecular flexibility index (Phi) is 5.67. The van der Waals surface area contributed by atoms with Gasteiger partial charge in [0.1, 0.15) is 0 Å². The third-order valence-corrected chi connectivity index (χ3v) is 4.37. The summed E-state index contributed by atoms with van der Waals surface area (Å²) in [6.45, 7) is 5.65. The summed E-state index contributed by atoms with van der Waals surface area (Å²) in [5, 5.41) is 4.19. The molecule has 25 heavy (non-hydrogen) atoms. The third kappa shape index (κ3) is 3.67. The van der Waals surface area contributed by atoms with Crippen molar-refractivity contribution in [3.8, 4) is 0 Å². The van der Waals surface area contributed by atoms with Crippen LogP contribution in [-0.2, 0) is 16.1 Å². The van der Waals surface area contributed by atoms with E-state index in [0.717, 1.165) is 46.6 Å². The van der Waals surface area contributed by atoms with Gasteiger partial charge in [0.05, 0.1) is 18.8 Å². The van der Waals surface area contributed by atoms with Crippen molar-refractivity contribution in [3.05, 3.63) is 59.7 Å². The monoisotopic (exact) mass is 336 g/mol. The van der Waals surface area contributed by atoms with Gasteiger partial charge in [0, 0.05) is 12.0 Å². The smallest absolute Gasteiger partial charge is 0.338 e. The minimum Gasteiger partial charge on any atom is -0.462 e. The van der Waals surface area contributed by atoms with Gasteiger partial charge in [-0.15, -0.1) is 0 Å². The second kappa shape index (κ2) is 8.13. The van der Waals surface area contributed by atoms with Crippen molar-refractivity contribution in [2.45, 2.75) is 33.3 Å². The summed E-state index contributed by atoms with van der Waals surface area (Å²) >= 11 is 0. The first-order valence-electron chi connectivity index (χ1n) is 8.94. The van der Waals surface area contributed by atoms with E-state index in [-0.39, 0.29) is 5.97 Å². The summed E-state index contributed by atoms with van der Waals surface area (Å²) in [6, 6.07) is 16.1. The standard InChI is InChI=1S/C22H24O3/c1-3-5-14-24-15-18-10-6-8-16-12-13-17-9-7-11-19(21(17)20(16)18)22(23)25-4-2/h6-13H,3-5,14-15H2,1-2H3. The quantitative estimate of drug-likeness (QED) is 0.325. The molecule has 0 spiro atoms. The average Bonchev–Trinajstić information content (AvgIpc) is 2.64. The van der Waals surface area contributed by atoms with E-state index in [1.165, 1.54) is 0 Å². The highest BCUT2D eigenvalue weighted by Crippen LogP contribution is 2.32. The SMILES string of the molecule is CCCCOCc1cccc2ccc3cccc(C(=O)OCC)c3c12. The molecular weight excluding hydrogens is 312 g/mol. The molecule has 0 aliphatic rings. The van der Waals surface area contributed by atoms with Crippen molar-refractivity contribution in [3.63, 3.8) is 0 Å². The average molecular weight is 336 g/mol. The van der Waals surface area contributed by atoms with Crippen LogP contribution in [0.4, 0.5) is 0 Å². The van der Waals surface area contributed by atoms with Crippen LogP contribution < -0.4 is 0 Å².